The Hall–Kier alpha value is -4.77. The van der Waals surface area contributed by atoms with Gasteiger partial charge in [0.1, 0.15) is 11.5 Å². The van der Waals surface area contributed by atoms with Crippen LogP contribution in [0.3, 0.4) is 0 Å². The lowest BCUT2D eigenvalue weighted by Gasteiger charge is -2.26. The highest BCUT2D eigenvalue weighted by Crippen LogP contribution is 2.44. The molecule has 1 saturated heterocycles. The van der Waals surface area contributed by atoms with E-state index in [1.165, 1.54) is 12.0 Å². The lowest BCUT2D eigenvalue weighted by atomic mass is 9.94. The Morgan fingerprint density at radius 2 is 1.69 bits per heavy atom. The fourth-order valence-electron chi connectivity index (χ4n) is 4.37. The Bertz CT molecular complexity index is 1440. The molecule has 3 aromatic rings. The molecule has 8 heteroatoms. The number of nitrogens with zero attached hydrogens (tertiary/aromatic N) is 2. The van der Waals surface area contributed by atoms with Crippen molar-refractivity contribution in [2.24, 2.45) is 5.92 Å². The molecule has 0 aliphatic carbocycles. The number of amides is 1. The predicted molar refractivity (Wildman–Crippen MR) is 147 cm³/mol. The molecule has 0 spiro atoms. The molecule has 3 aromatic carbocycles. The Kier molecular flexibility index (Phi) is 8.21. The Morgan fingerprint density at radius 3 is 2.28 bits per heavy atom. The fraction of sp³-hybridized carbons (Fsp3) is 0.258. The summed E-state index contributed by atoms with van der Waals surface area (Å²) in [7, 11) is 1.52. The molecule has 1 amide bonds. The van der Waals surface area contributed by atoms with Crippen molar-refractivity contribution < 1.29 is 28.9 Å². The van der Waals surface area contributed by atoms with Crippen LogP contribution in [0.2, 0.25) is 0 Å². The number of methoxy groups -OCH3 is 1. The number of nitriles is 1. The number of carbonyl (C=O) groups is 2. The van der Waals surface area contributed by atoms with E-state index in [1.54, 1.807) is 66.7 Å². The van der Waals surface area contributed by atoms with Crippen LogP contribution in [-0.4, -0.2) is 37.1 Å². The van der Waals surface area contributed by atoms with Crippen molar-refractivity contribution >= 4 is 23.1 Å². The van der Waals surface area contributed by atoms with Gasteiger partial charge in [-0.3, -0.25) is 14.5 Å². The Labute approximate surface area is 227 Å². The van der Waals surface area contributed by atoms with Crippen LogP contribution in [0, 0.1) is 17.2 Å². The SMILES string of the molecule is CCOc1cc(C2/C(=C(/O)c3ccc(OCC(C)C)cc3)C(=O)C(=O)N2c2ccc(C#N)cc2)ccc1OC. The number of hydrogen-bond donors (Lipinski definition) is 1. The van der Waals surface area contributed by atoms with Crippen LogP contribution in [-0.2, 0) is 9.59 Å². The first kappa shape index (κ1) is 27.3. The third-order valence-corrected chi connectivity index (χ3v) is 6.23. The summed E-state index contributed by atoms with van der Waals surface area (Å²) >= 11 is 0. The van der Waals surface area contributed by atoms with Gasteiger partial charge in [-0.15, -0.1) is 0 Å². The summed E-state index contributed by atoms with van der Waals surface area (Å²) in [5.41, 5.74) is 1.67. The number of Topliss-reactive ketones (excluding diaryl/α,β-unsaturated/α-hetero) is 1. The molecule has 0 radical (unpaired) electrons. The number of anilines is 1. The molecule has 1 fully saturated rings. The van der Waals surface area contributed by atoms with Crippen molar-refractivity contribution in [3.8, 4) is 23.3 Å². The number of carbonyl (C=O) groups excluding carboxylic acids is 2. The van der Waals surface area contributed by atoms with Gasteiger partial charge in [-0.1, -0.05) is 19.9 Å². The molecule has 1 N–H and O–H groups in total. The van der Waals surface area contributed by atoms with Crippen molar-refractivity contribution in [1.82, 2.24) is 0 Å². The number of aliphatic hydroxyl groups excluding tert-OH is 1. The van der Waals surface area contributed by atoms with Crippen molar-refractivity contribution in [2.75, 3.05) is 25.2 Å². The predicted octanol–water partition coefficient (Wildman–Crippen LogP) is 5.63. The molecule has 1 aliphatic rings. The Balaban J connectivity index is 1.86. The number of benzene rings is 3. The molecule has 0 bridgehead atoms. The first-order valence-corrected chi connectivity index (χ1v) is 12.6. The summed E-state index contributed by atoms with van der Waals surface area (Å²) in [6, 6.07) is 19.3. The number of ketones is 1. The summed E-state index contributed by atoms with van der Waals surface area (Å²) in [6.07, 6.45) is 0. The minimum atomic E-state index is -0.958. The largest absolute Gasteiger partial charge is 0.507 e. The molecule has 1 unspecified atom stereocenters. The smallest absolute Gasteiger partial charge is 0.300 e. The monoisotopic (exact) mass is 526 g/mol. The number of hydrogen-bond acceptors (Lipinski definition) is 7. The maximum Gasteiger partial charge on any atom is 0.300 e. The van der Waals surface area contributed by atoms with E-state index in [2.05, 4.69) is 0 Å². The molecule has 0 aromatic heterocycles. The van der Waals surface area contributed by atoms with E-state index < -0.39 is 17.7 Å². The quantitative estimate of drug-likeness (QED) is 0.219. The highest BCUT2D eigenvalue weighted by atomic mass is 16.5. The highest BCUT2D eigenvalue weighted by molar-refractivity contribution is 6.51. The first-order chi connectivity index (χ1) is 18.8. The average Bonchev–Trinajstić information content (AvgIpc) is 3.22. The van der Waals surface area contributed by atoms with E-state index in [0.29, 0.717) is 58.8 Å². The van der Waals surface area contributed by atoms with Crippen molar-refractivity contribution in [3.05, 3.63) is 89.0 Å². The van der Waals surface area contributed by atoms with Gasteiger partial charge in [-0.05, 0) is 79.1 Å². The lowest BCUT2D eigenvalue weighted by molar-refractivity contribution is -0.132. The van der Waals surface area contributed by atoms with Gasteiger partial charge >= 0.3 is 0 Å². The van der Waals surface area contributed by atoms with Crippen LogP contribution in [0.4, 0.5) is 5.69 Å². The number of rotatable bonds is 9. The minimum Gasteiger partial charge on any atom is -0.507 e. The van der Waals surface area contributed by atoms with Crippen LogP contribution in [0.1, 0.15) is 43.5 Å². The zero-order valence-electron chi connectivity index (χ0n) is 22.3. The second-order valence-corrected chi connectivity index (χ2v) is 9.40. The van der Waals surface area contributed by atoms with Crippen molar-refractivity contribution in [1.29, 1.82) is 5.26 Å². The third-order valence-electron chi connectivity index (χ3n) is 6.23. The van der Waals surface area contributed by atoms with Gasteiger partial charge in [-0.25, -0.2) is 0 Å². The van der Waals surface area contributed by atoms with Gasteiger partial charge in [0.05, 0.1) is 43.6 Å². The van der Waals surface area contributed by atoms with Gasteiger partial charge in [0, 0.05) is 11.3 Å². The van der Waals surface area contributed by atoms with E-state index >= 15 is 0 Å². The fourth-order valence-corrected chi connectivity index (χ4v) is 4.37. The minimum absolute atomic E-state index is 0.0622. The Morgan fingerprint density at radius 1 is 1.00 bits per heavy atom. The standard InChI is InChI=1S/C31H30N2O6/c1-5-38-26-16-22(10-15-25(26)37-4)28-27(29(34)21-8-13-24(14-9-21)39-18-19(2)3)30(35)31(36)33(28)23-11-6-20(17-32)7-12-23/h6-16,19,28,34H,5,18H2,1-4H3/b29-27-. The normalized spacial score (nSPS) is 16.3. The van der Waals surface area contributed by atoms with Gasteiger partial charge in [-0.2, -0.15) is 5.26 Å². The van der Waals surface area contributed by atoms with E-state index in [1.807, 2.05) is 26.8 Å². The van der Waals surface area contributed by atoms with Crippen molar-refractivity contribution in [3.63, 3.8) is 0 Å². The molecule has 200 valence electrons. The molecule has 8 nitrogen and oxygen atoms in total. The zero-order valence-corrected chi connectivity index (χ0v) is 22.3. The molecule has 1 heterocycles. The summed E-state index contributed by atoms with van der Waals surface area (Å²) in [5, 5.41) is 20.6. The molecular formula is C31H30N2O6. The van der Waals surface area contributed by atoms with E-state index in [9.17, 15) is 20.0 Å². The van der Waals surface area contributed by atoms with Crippen LogP contribution in [0.15, 0.2) is 72.3 Å². The second-order valence-electron chi connectivity index (χ2n) is 9.40. The van der Waals surface area contributed by atoms with E-state index in [4.69, 9.17) is 14.2 Å². The molecule has 0 saturated carbocycles. The molecule has 4 rings (SSSR count). The average molecular weight is 527 g/mol. The second kappa shape index (κ2) is 11.7. The third kappa shape index (κ3) is 5.58. The molecular weight excluding hydrogens is 496 g/mol. The summed E-state index contributed by atoms with van der Waals surface area (Å²) in [6.45, 7) is 6.84. The number of aliphatic hydroxyl groups is 1. The summed E-state index contributed by atoms with van der Waals surface area (Å²) < 4.78 is 16.9. The maximum absolute atomic E-state index is 13.4. The highest BCUT2D eigenvalue weighted by Gasteiger charge is 2.47. The zero-order chi connectivity index (χ0) is 28.1. The first-order valence-electron chi connectivity index (χ1n) is 12.6. The van der Waals surface area contributed by atoms with Gasteiger partial charge in [0.2, 0.25) is 0 Å². The van der Waals surface area contributed by atoms with Crippen molar-refractivity contribution in [2.45, 2.75) is 26.8 Å². The van der Waals surface area contributed by atoms with E-state index in [0.717, 1.165) is 0 Å². The van der Waals surface area contributed by atoms with Crippen LogP contribution in [0.5, 0.6) is 17.2 Å². The van der Waals surface area contributed by atoms with Crippen LogP contribution < -0.4 is 19.1 Å². The summed E-state index contributed by atoms with van der Waals surface area (Å²) in [5.74, 6) is -0.0115. The molecule has 1 aliphatic heterocycles. The van der Waals surface area contributed by atoms with Gasteiger partial charge < -0.3 is 19.3 Å². The molecule has 39 heavy (non-hydrogen) atoms. The van der Waals surface area contributed by atoms with Crippen LogP contribution >= 0.6 is 0 Å². The van der Waals surface area contributed by atoms with Gasteiger partial charge in [0.25, 0.3) is 11.7 Å². The van der Waals surface area contributed by atoms with Gasteiger partial charge in [0.15, 0.2) is 11.5 Å². The topological polar surface area (TPSA) is 109 Å². The summed E-state index contributed by atoms with van der Waals surface area (Å²) in [4.78, 5) is 28.2. The molecule has 1 atom stereocenters. The van der Waals surface area contributed by atoms with E-state index in [-0.39, 0.29) is 11.3 Å². The lowest BCUT2D eigenvalue weighted by Crippen LogP contribution is -2.29. The maximum atomic E-state index is 13.4. The number of ether oxygens (including phenoxy) is 3. The van der Waals surface area contributed by atoms with Crippen LogP contribution in [0.25, 0.3) is 5.76 Å².